The van der Waals surface area contributed by atoms with Gasteiger partial charge in [0.1, 0.15) is 0 Å². The highest BCUT2D eigenvalue weighted by atomic mass is 16.6. The summed E-state index contributed by atoms with van der Waals surface area (Å²) in [5.74, 6) is -0.460. The van der Waals surface area contributed by atoms with Crippen molar-refractivity contribution in [2.24, 2.45) is 0 Å². The van der Waals surface area contributed by atoms with Gasteiger partial charge in [-0.05, 0) is 24.3 Å². The number of nitro groups is 1. The normalized spacial score (nSPS) is 10.8. The average molecular weight is 348 g/mol. The Bertz CT molecular complexity index is 1120. The fourth-order valence-corrected chi connectivity index (χ4v) is 2.66. The first-order valence-electron chi connectivity index (χ1n) is 7.65. The van der Waals surface area contributed by atoms with Gasteiger partial charge in [-0.15, -0.1) is 0 Å². The molecule has 2 heterocycles. The van der Waals surface area contributed by atoms with Crippen molar-refractivity contribution in [1.29, 1.82) is 0 Å². The van der Waals surface area contributed by atoms with Crippen LogP contribution in [-0.2, 0) is 0 Å². The van der Waals surface area contributed by atoms with Gasteiger partial charge in [-0.25, -0.2) is 0 Å². The Kier molecular flexibility index (Phi) is 3.66. The van der Waals surface area contributed by atoms with Gasteiger partial charge >= 0.3 is 0 Å². The largest absolute Gasteiger partial charge is 0.321 e. The Morgan fingerprint density at radius 1 is 1.12 bits per heavy atom. The molecule has 0 radical (unpaired) electrons. The molecule has 9 nitrogen and oxygen atoms in total. The summed E-state index contributed by atoms with van der Waals surface area (Å²) in [5.41, 5.74) is 2.80. The van der Waals surface area contributed by atoms with Crippen molar-refractivity contribution < 1.29 is 9.72 Å². The van der Waals surface area contributed by atoms with Crippen LogP contribution in [0.5, 0.6) is 0 Å². The van der Waals surface area contributed by atoms with E-state index in [-0.39, 0.29) is 11.4 Å². The number of rotatable bonds is 4. The summed E-state index contributed by atoms with van der Waals surface area (Å²) in [5, 5.41) is 27.6. The number of carbonyl (C=O) groups excluding carboxylic acids is 1. The number of hydrogen-bond donors (Lipinski definition) is 3. The van der Waals surface area contributed by atoms with E-state index in [1.165, 1.54) is 18.2 Å². The molecule has 2 aromatic carbocycles. The highest BCUT2D eigenvalue weighted by Crippen LogP contribution is 2.24. The van der Waals surface area contributed by atoms with E-state index in [2.05, 4.69) is 25.7 Å². The van der Waals surface area contributed by atoms with Gasteiger partial charge in [-0.3, -0.25) is 25.1 Å². The number of carbonyl (C=O) groups is 1. The second-order valence-corrected chi connectivity index (χ2v) is 5.56. The van der Waals surface area contributed by atoms with E-state index in [1.54, 1.807) is 24.4 Å². The number of nitro benzene ring substituents is 1. The quantitative estimate of drug-likeness (QED) is 0.385. The van der Waals surface area contributed by atoms with Crippen molar-refractivity contribution in [1.82, 2.24) is 20.4 Å². The van der Waals surface area contributed by atoms with E-state index < -0.39 is 10.8 Å². The van der Waals surface area contributed by atoms with Crippen LogP contribution in [0.1, 0.15) is 10.5 Å². The molecule has 0 unspecified atom stereocenters. The van der Waals surface area contributed by atoms with Gasteiger partial charge in [0.15, 0.2) is 5.69 Å². The van der Waals surface area contributed by atoms with Crippen molar-refractivity contribution in [3.8, 4) is 11.3 Å². The van der Waals surface area contributed by atoms with Crippen LogP contribution in [0.2, 0.25) is 0 Å². The molecule has 3 N–H and O–H groups in total. The smallest absolute Gasteiger partial charge is 0.276 e. The van der Waals surface area contributed by atoms with Crippen LogP contribution in [0.3, 0.4) is 0 Å². The van der Waals surface area contributed by atoms with Crippen LogP contribution >= 0.6 is 0 Å². The fraction of sp³-hybridized carbons (Fsp3) is 0. The molecule has 0 spiro atoms. The van der Waals surface area contributed by atoms with Gasteiger partial charge in [0, 0.05) is 35.0 Å². The zero-order valence-corrected chi connectivity index (χ0v) is 13.3. The second kappa shape index (κ2) is 6.13. The first kappa shape index (κ1) is 15.5. The Balaban J connectivity index is 1.65. The molecular weight excluding hydrogens is 336 g/mol. The molecule has 128 valence electrons. The molecule has 0 aliphatic carbocycles. The Labute approximate surface area is 146 Å². The molecule has 26 heavy (non-hydrogen) atoms. The summed E-state index contributed by atoms with van der Waals surface area (Å²) in [6, 6.07) is 13.3. The lowest BCUT2D eigenvalue weighted by atomic mass is 10.1. The molecule has 2 aromatic heterocycles. The van der Waals surface area contributed by atoms with Crippen LogP contribution in [0, 0.1) is 10.1 Å². The summed E-state index contributed by atoms with van der Waals surface area (Å²) in [6.07, 6.45) is 1.64. The number of hydrogen-bond acceptors (Lipinski definition) is 5. The number of non-ortho nitro benzene ring substituents is 1. The fourth-order valence-electron chi connectivity index (χ4n) is 2.66. The summed E-state index contributed by atoms with van der Waals surface area (Å²) < 4.78 is 0. The number of benzene rings is 2. The van der Waals surface area contributed by atoms with Crippen LogP contribution in [0.15, 0.2) is 54.7 Å². The Morgan fingerprint density at radius 2 is 2.00 bits per heavy atom. The summed E-state index contributed by atoms with van der Waals surface area (Å²) in [7, 11) is 0. The zero-order chi connectivity index (χ0) is 18.1. The lowest BCUT2D eigenvalue weighted by molar-refractivity contribution is -0.384. The molecule has 0 aliphatic heterocycles. The number of H-pyrrole nitrogens is 2. The highest BCUT2D eigenvalue weighted by Gasteiger charge is 2.17. The Hall–Kier alpha value is -4.01. The number of fused-ring (bicyclic) bond motifs is 1. The molecular formula is C17H12N6O3. The molecule has 1 amide bonds. The minimum Gasteiger partial charge on any atom is -0.321 e. The molecule has 4 rings (SSSR count). The summed E-state index contributed by atoms with van der Waals surface area (Å²) in [4.78, 5) is 23.0. The van der Waals surface area contributed by atoms with Crippen molar-refractivity contribution in [2.75, 3.05) is 5.32 Å². The minimum absolute atomic E-state index is 0.0932. The third kappa shape index (κ3) is 2.77. The highest BCUT2D eigenvalue weighted by molar-refractivity contribution is 6.11. The second-order valence-electron chi connectivity index (χ2n) is 5.56. The van der Waals surface area contributed by atoms with Gasteiger partial charge < -0.3 is 5.32 Å². The summed E-state index contributed by atoms with van der Waals surface area (Å²) in [6.45, 7) is 0. The third-order valence-corrected chi connectivity index (χ3v) is 3.90. The molecule has 0 fully saturated rings. The first-order valence-corrected chi connectivity index (χ1v) is 7.65. The number of aromatic amines is 2. The molecule has 0 bridgehead atoms. The number of amides is 1. The van der Waals surface area contributed by atoms with E-state index >= 15 is 0 Å². The van der Waals surface area contributed by atoms with E-state index in [9.17, 15) is 14.9 Å². The van der Waals surface area contributed by atoms with Crippen molar-refractivity contribution in [3.63, 3.8) is 0 Å². The number of nitrogens with one attached hydrogen (secondary N) is 3. The van der Waals surface area contributed by atoms with Gasteiger partial charge in [0.25, 0.3) is 11.6 Å². The zero-order valence-electron chi connectivity index (χ0n) is 13.3. The molecule has 0 aliphatic rings. The average Bonchev–Trinajstić information content (AvgIpc) is 3.31. The maximum atomic E-state index is 12.6. The van der Waals surface area contributed by atoms with Crippen LogP contribution < -0.4 is 5.32 Å². The van der Waals surface area contributed by atoms with Gasteiger partial charge in [0.05, 0.1) is 16.1 Å². The van der Waals surface area contributed by atoms with Gasteiger partial charge in [0.2, 0.25) is 0 Å². The van der Waals surface area contributed by atoms with Crippen LogP contribution in [0.25, 0.3) is 22.2 Å². The summed E-state index contributed by atoms with van der Waals surface area (Å²) >= 11 is 0. The molecule has 4 aromatic rings. The molecule has 0 saturated heterocycles. The van der Waals surface area contributed by atoms with Crippen molar-refractivity contribution in [3.05, 3.63) is 70.5 Å². The van der Waals surface area contributed by atoms with Crippen molar-refractivity contribution in [2.45, 2.75) is 0 Å². The van der Waals surface area contributed by atoms with E-state index in [4.69, 9.17) is 0 Å². The lowest BCUT2D eigenvalue weighted by Gasteiger charge is -2.05. The number of anilines is 1. The predicted octanol–water partition coefficient (Wildman–Crippen LogP) is 3.11. The molecule has 0 atom stereocenters. The maximum Gasteiger partial charge on any atom is 0.276 e. The molecule has 9 heteroatoms. The van der Waals surface area contributed by atoms with E-state index in [0.29, 0.717) is 16.6 Å². The standard InChI is InChI=1S/C17H12N6O3/c24-17(16-13-9-12(23(25)26)4-5-15(13)21-22-16)19-11-3-1-2-10(8-11)14-6-7-18-20-14/h1-9H,(H,18,20)(H,19,24)(H,21,22). The lowest BCUT2D eigenvalue weighted by Crippen LogP contribution is -2.12. The van der Waals surface area contributed by atoms with Crippen LogP contribution in [-0.4, -0.2) is 31.2 Å². The van der Waals surface area contributed by atoms with E-state index in [1.807, 2.05) is 12.1 Å². The van der Waals surface area contributed by atoms with Gasteiger partial charge in [-0.2, -0.15) is 10.2 Å². The number of aromatic nitrogens is 4. The SMILES string of the molecule is O=C(Nc1cccc(-c2ccn[nH]2)c1)c1n[nH]c2ccc([N+](=O)[O-])cc12. The topological polar surface area (TPSA) is 130 Å². The maximum absolute atomic E-state index is 12.6. The van der Waals surface area contributed by atoms with E-state index in [0.717, 1.165) is 11.3 Å². The predicted molar refractivity (Wildman–Crippen MR) is 94.7 cm³/mol. The first-order chi connectivity index (χ1) is 12.6. The van der Waals surface area contributed by atoms with Crippen LogP contribution in [0.4, 0.5) is 11.4 Å². The minimum atomic E-state index is -0.512. The van der Waals surface area contributed by atoms with Crippen molar-refractivity contribution >= 4 is 28.2 Å². The monoisotopic (exact) mass is 348 g/mol. The third-order valence-electron chi connectivity index (χ3n) is 3.90. The Morgan fingerprint density at radius 3 is 2.77 bits per heavy atom. The van der Waals surface area contributed by atoms with Gasteiger partial charge in [-0.1, -0.05) is 12.1 Å². The number of nitrogens with zero attached hydrogens (tertiary/aromatic N) is 3. The molecule has 0 saturated carbocycles.